The summed E-state index contributed by atoms with van der Waals surface area (Å²) in [6.07, 6.45) is 6.99. The van der Waals surface area contributed by atoms with Crippen molar-refractivity contribution >= 4 is 12.0 Å². The van der Waals surface area contributed by atoms with Crippen molar-refractivity contribution in [2.24, 2.45) is 0 Å². The normalized spacial score (nSPS) is 15.6. The standard InChI is InChI=1S/C18H22N2O3/c1-22-16-9-8-13(17(11-16)23-2)10-14(12-19)18(21)20-15-6-4-3-5-7-15/h8-11,15H,3-7H2,1-2H3,(H,20,21)/b14-10+. The number of ether oxygens (including phenoxy) is 2. The molecule has 0 spiro atoms. The van der Waals surface area contributed by atoms with E-state index < -0.39 is 0 Å². The highest BCUT2D eigenvalue weighted by molar-refractivity contribution is 6.02. The van der Waals surface area contributed by atoms with E-state index in [0.29, 0.717) is 17.1 Å². The summed E-state index contributed by atoms with van der Waals surface area (Å²) < 4.78 is 10.4. The zero-order chi connectivity index (χ0) is 16.7. The summed E-state index contributed by atoms with van der Waals surface area (Å²) in [7, 11) is 3.11. The molecule has 0 radical (unpaired) electrons. The minimum Gasteiger partial charge on any atom is -0.497 e. The molecule has 0 heterocycles. The lowest BCUT2D eigenvalue weighted by molar-refractivity contribution is -0.117. The number of hydrogen-bond donors (Lipinski definition) is 1. The molecule has 1 amide bonds. The van der Waals surface area contributed by atoms with Crippen LogP contribution < -0.4 is 14.8 Å². The molecular weight excluding hydrogens is 292 g/mol. The van der Waals surface area contributed by atoms with Gasteiger partial charge in [-0.05, 0) is 31.1 Å². The smallest absolute Gasteiger partial charge is 0.262 e. The zero-order valence-electron chi connectivity index (χ0n) is 13.6. The maximum atomic E-state index is 12.3. The van der Waals surface area contributed by atoms with Crippen molar-refractivity contribution in [1.82, 2.24) is 5.32 Å². The Kier molecular flexibility index (Phi) is 6.04. The molecule has 122 valence electrons. The lowest BCUT2D eigenvalue weighted by atomic mass is 9.95. The second-order valence-corrected chi connectivity index (χ2v) is 5.59. The molecule has 2 rings (SSSR count). The van der Waals surface area contributed by atoms with Gasteiger partial charge in [0.25, 0.3) is 5.91 Å². The molecule has 1 saturated carbocycles. The fraction of sp³-hybridized carbons (Fsp3) is 0.444. The lowest BCUT2D eigenvalue weighted by Gasteiger charge is -2.22. The van der Waals surface area contributed by atoms with Gasteiger partial charge in [0.15, 0.2) is 0 Å². The van der Waals surface area contributed by atoms with E-state index in [-0.39, 0.29) is 17.5 Å². The quantitative estimate of drug-likeness (QED) is 0.670. The van der Waals surface area contributed by atoms with Crippen molar-refractivity contribution in [1.29, 1.82) is 5.26 Å². The number of carbonyl (C=O) groups is 1. The van der Waals surface area contributed by atoms with Gasteiger partial charge in [-0.1, -0.05) is 19.3 Å². The molecule has 1 aliphatic rings. The fourth-order valence-electron chi connectivity index (χ4n) is 2.75. The number of benzene rings is 1. The molecule has 0 saturated heterocycles. The van der Waals surface area contributed by atoms with E-state index in [1.54, 1.807) is 38.5 Å². The Bertz CT molecular complexity index is 626. The first-order chi connectivity index (χ1) is 11.2. The molecule has 0 unspecified atom stereocenters. The summed E-state index contributed by atoms with van der Waals surface area (Å²) >= 11 is 0. The van der Waals surface area contributed by atoms with Crippen molar-refractivity contribution in [3.05, 3.63) is 29.3 Å². The molecule has 23 heavy (non-hydrogen) atoms. The Balaban J connectivity index is 2.17. The minimum absolute atomic E-state index is 0.0824. The molecule has 0 aromatic heterocycles. The summed E-state index contributed by atoms with van der Waals surface area (Å²) in [4.78, 5) is 12.3. The van der Waals surface area contributed by atoms with Crippen LogP contribution in [0.2, 0.25) is 0 Å². The molecule has 5 heteroatoms. The first-order valence-electron chi connectivity index (χ1n) is 7.82. The molecule has 1 N–H and O–H groups in total. The van der Waals surface area contributed by atoms with E-state index in [1.165, 1.54) is 6.42 Å². The van der Waals surface area contributed by atoms with Crippen LogP contribution in [0.1, 0.15) is 37.7 Å². The minimum atomic E-state index is -0.322. The van der Waals surface area contributed by atoms with Crippen LogP contribution >= 0.6 is 0 Å². The molecule has 0 atom stereocenters. The van der Waals surface area contributed by atoms with E-state index in [1.807, 2.05) is 6.07 Å². The van der Waals surface area contributed by atoms with Crippen LogP contribution in [0.4, 0.5) is 0 Å². The predicted molar refractivity (Wildman–Crippen MR) is 88.2 cm³/mol. The topological polar surface area (TPSA) is 71.3 Å². The monoisotopic (exact) mass is 314 g/mol. The van der Waals surface area contributed by atoms with E-state index in [9.17, 15) is 10.1 Å². The number of hydrogen-bond acceptors (Lipinski definition) is 4. The van der Waals surface area contributed by atoms with Crippen LogP contribution in [0.15, 0.2) is 23.8 Å². The number of nitrogens with zero attached hydrogens (tertiary/aromatic N) is 1. The van der Waals surface area contributed by atoms with E-state index >= 15 is 0 Å². The van der Waals surface area contributed by atoms with Crippen LogP contribution in [0, 0.1) is 11.3 Å². The molecule has 1 fully saturated rings. The Hall–Kier alpha value is -2.48. The largest absolute Gasteiger partial charge is 0.497 e. The van der Waals surface area contributed by atoms with E-state index in [2.05, 4.69) is 5.32 Å². The average Bonchev–Trinajstić information content (AvgIpc) is 2.60. The maximum Gasteiger partial charge on any atom is 0.262 e. The van der Waals surface area contributed by atoms with Gasteiger partial charge in [-0.25, -0.2) is 0 Å². The molecule has 0 bridgehead atoms. The second kappa shape index (κ2) is 8.23. The van der Waals surface area contributed by atoms with Crippen molar-refractivity contribution in [3.8, 4) is 17.6 Å². The second-order valence-electron chi connectivity index (χ2n) is 5.59. The zero-order valence-corrected chi connectivity index (χ0v) is 13.6. The highest BCUT2D eigenvalue weighted by atomic mass is 16.5. The lowest BCUT2D eigenvalue weighted by Crippen LogP contribution is -2.36. The summed E-state index contributed by atoms with van der Waals surface area (Å²) in [5, 5.41) is 12.3. The number of rotatable bonds is 5. The average molecular weight is 314 g/mol. The summed E-state index contributed by atoms with van der Waals surface area (Å²) in [5.41, 5.74) is 0.752. The summed E-state index contributed by atoms with van der Waals surface area (Å²) in [6.45, 7) is 0. The van der Waals surface area contributed by atoms with Crippen LogP contribution in [-0.2, 0) is 4.79 Å². The number of nitriles is 1. The fourth-order valence-corrected chi connectivity index (χ4v) is 2.75. The third kappa shape index (κ3) is 4.49. The summed E-state index contributed by atoms with van der Waals surface area (Å²) in [5.74, 6) is 0.893. The third-order valence-electron chi connectivity index (χ3n) is 4.05. The molecule has 0 aliphatic heterocycles. The highest BCUT2D eigenvalue weighted by Crippen LogP contribution is 2.26. The number of methoxy groups -OCH3 is 2. The number of nitrogens with one attached hydrogen (secondary N) is 1. The molecular formula is C18H22N2O3. The SMILES string of the molecule is COc1ccc(/C=C(\C#N)C(=O)NC2CCCCC2)c(OC)c1. The van der Waals surface area contributed by atoms with Crippen molar-refractivity contribution in [3.63, 3.8) is 0 Å². The first-order valence-corrected chi connectivity index (χ1v) is 7.82. The number of amides is 1. The van der Waals surface area contributed by atoms with Gasteiger partial charge in [0.05, 0.1) is 14.2 Å². The Morgan fingerprint density at radius 2 is 2.00 bits per heavy atom. The molecule has 1 aromatic rings. The van der Waals surface area contributed by atoms with Crippen LogP contribution in [0.25, 0.3) is 6.08 Å². The van der Waals surface area contributed by atoms with Crippen molar-refractivity contribution < 1.29 is 14.3 Å². The third-order valence-corrected chi connectivity index (χ3v) is 4.05. The first kappa shape index (κ1) is 16.9. The maximum absolute atomic E-state index is 12.3. The van der Waals surface area contributed by atoms with Gasteiger partial charge in [0.2, 0.25) is 0 Å². The molecule has 1 aromatic carbocycles. The molecule has 5 nitrogen and oxygen atoms in total. The van der Waals surface area contributed by atoms with Gasteiger partial charge < -0.3 is 14.8 Å². The Morgan fingerprint density at radius 3 is 2.61 bits per heavy atom. The van der Waals surface area contributed by atoms with E-state index in [0.717, 1.165) is 25.7 Å². The van der Waals surface area contributed by atoms with Gasteiger partial charge in [-0.3, -0.25) is 4.79 Å². The Labute approximate surface area is 136 Å². The van der Waals surface area contributed by atoms with Crippen molar-refractivity contribution in [2.75, 3.05) is 14.2 Å². The summed E-state index contributed by atoms with van der Waals surface area (Å²) in [6, 6.07) is 7.41. The van der Waals surface area contributed by atoms with Crippen molar-refractivity contribution in [2.45, 2.75) is 38.1 Å². The van der Waals surface area contributed by atoms with Gasteiger partial charge in [0, 0.05) is 17.7 Å². The molecule has 1 aliphatic carbocycles. The van der Waals surface area contributed by atoms with Gasteiger partial charge in [0.1, 0.15) is 23.1 Å². The van der Waals surface area contributed by atoms with Gasteiger partial charge >= 0.3 is 0 Å². The van der Waals surface area contributed by atoms with E-state index in [4.69, 9.17) is 9.47 Å². The predicted octanol–water partition coefficient (Wildman–Crippen LogP) is 3.06. The highest BCUT2D eigenvalue weighted by Gasteiger charge is 2.18. The van der Waals surface area contributed by atoms with Crippen LogP contribution in [0.3, 0.4) is 0 Å². The Morgan fingerprint density at radius 1 is 1.26 bits per heavy atom. The van der Waals surface area contributed by atoms with Crippen LogP contribution in [0.5, 0.6) is 11.5 Å². The van der Waals surface area contributed by atoms with Crippen LogP contribution in [-0.4, -0.2) is 26.2 Å². The number of carbonyl (C=O) groups excluding carboxylic acids is 1. The van der Waals surface area contributed by atoms with Gasteiger partial charge in [-0.15, -0.1) is 0 Å². The van der Waals surface area contributed by atoms with Gasteiger partial charge in [-0.2, -0.15) is 5.26 Å².